The highest BCUT2D eigenvalue weighted by molar-refractivity contribution is 14.1. The fourth-order valence-electron chi connectivity index (χ4n) is 1.66. The van der Waals surface area contributed by atoms with Gasteiger partial charge in [-0.15, -0.1) is 0 Å². The second-order valence-corrected chi connectivity index (χ2v) is 5.37. The largest absolute Gasteiger partial charge is 0.378 e. The van der Waals surface area contributed by atoms with Crippen molar-refractivity contribution in [2.24, 2.45) is 0 Å². The molecule has 1 heterocycles. The molecule has 1 saturated heterocycles. The first-order chi connectivity index (χ1) is 5.83. The molecular formula is C10H19IO. The SMILES string of the molecule is CCCCC[C@H]1C[C@@H](I)CCO1. The molecule has 0 aromatic heterocycles. The van der Waals surface area contributed by atoms with Crippen LogP contribution in [0.15, 0.2) is 0 Å². The van der Waals surface area contributed by atoms with Crippen LogP contribution in [-0.2, 0) is 4.74 Å². The van der Waals surface area contributed by atoms with E-state index in [1.165, 1.54) is 38.5 Å². The second kappa shape index (κ2) is 6.19. The Labute approximate surface area is 89.4 Å². The number of halogens is 1. The van der Waals surface area contributed by atoms with Gasteiger partial charge < -0.3 is 4.74 Å². The summed E-state index contributed by atoms with van der Waals surface area (Å²) in [6.07, 6.45) is 8.44. The van der Waals surface area contributed by atoms with E-state index in [1.54, 1.807) is 0 Å². The summed E-state index contributed by atoms with van der Waals surface area (Å²) in [5.41, 5.74) is 0. The van der Waals surface area contributed by atoms with Crippen molar-refractivity contribution in [1.29, 1.82) is 0 Å². The Morgan fingerprint density at radius 1 is 1.42 bits per heavy atom. The lowest BCUT2D eigenvalue weighted by Crippen LogP contribution is -2.25. The maximum Gasteiger partial charge on any atom is 0.0585 e. The Balaban J connectivity index is 2.06. The summed E-state index contributed by atoms with van der Waals surface area (Å²) in [5.74, 6) is 0. The summed E-state index contributed by atoms with van der Waals surface area (Å²) in [6.45, 7) is 3.24. The van der Waals surface area contributed by atoms with Gasteiger partial charge in [-0.1, -0.05) is 48.8 Å². The quantitative estimate of drug-likeness (QED) is 0.435. The lowest BCUT2D eigenvalue weighted by molar-refractivity contribution is 0.0146. The van der Waals surface area contributed by atoms with E-state index in [0.29, 0.717) is 6.10 Å². The van der Waals surface area contributed by atoms with Crippen LogP contribution in [0.25, 0.3) is 0 Å². The number of hydrogen-bond acceptors (Lipinski definition) is 1. The minimum Gasteiger partial charge on any atom is -0.378 e. The molecule has 1 aliphatic rings. The Hall–Kier alpha value is 0.690. The van der Waals surface area contributed by atoms with Crippen molar-refractivity contribution in [2.45, 2.75) is 55.5 Å². The van der Waals surface area contributed by atoms with Gasteiger partial charge in [0.1, 0.15) is 0 Å². The van der Waals surface area contributed by atoms with Crippen LogP contribution in [0.5, 0.6) is 0 Å². The minimum atomic E-state index is 0.576. The average molecular weight is 282 g/mol. The van der Waals surface area contributed by atoms with E-state index in [9.17, 15) is 0 Å². The molecule has 0 saturated carbocycles. The molecule has 0 unspecified atom stereocenters. The highest BCUT2D eigenvalue weighted by atomic mass is 127. The molecule has 0 aliphatic carbocycles. The minimum absolute atomic E-state index is 0.576. The van der Waals surface area contributed by atoms with Crippen molar-refractivity contribution in [1.82, 2.24) is 0 Å². The monoisotopic (exact) mass is 282 g/mol. The van der Waals surface area contributed by atoms with E-state index < -0.39 is 0 Å². The summed E-state index contributed by atoms with van der Waals surface area (Å²) in [7, 11) is 0. The first-order valence-corrected chi connectivity index (χ1v) is 6.33. The van der Waals surface area contributed by atoms with Crippen LogP contribution in [0, 0.1) is 0 Å². The van der Waals surface area contributed by atoms with Gasteiger partial charge in [-0.25, -0.2) is 0 Å². The molecule has 1 aliphatic heterocycles. The third-order valence-electron chi connectivity index (χ3n) is 2.43. The van der Waals surface area contributed by atoms with Crippen LogP contribution in [0.3, 0.4) is 0 Å². The fourth-order valence-corrected chi connectivity index (χ4v) is 2.48. The molecule has 12 heavy (non-hydrogen) atoms. The summed E-state index contributed by atoms with van der Waals surface area (Å²) >= 11 is 2.55. The fraction of sp³-hybridized carbons (Fsp3) is 1.00. The molecule has 2 heteroatoms. The van der Waals surface area contributed by atoms with Crippen LogP contribution in [0.2, 0.25) is 0 Å². The third-order valence-corrected chi connectivity index (χ3v) is 3.56. The van der Waals surface area contributed by atoms with Gasteiger partial charge in [0.05, 0.1) is 6.10 Å². The average Bonchev–Trinajstić information content (AvgIpc) is 2.05. The summed E-state index contributed by atoms with van der Waals surface area (Å²) in [5, 5.41) is 0. The lowest BCUT2D eigenvalue weighted by atomic mass is 10.0. The van der Waals surface area contributed by atoms with Gasteiger partial charge in [0.25, 0.3) is 0 Å². The summed E-state index contributed by atoms with van der Waals surface area (Å²) in [6, 6.07) is 0. The first-order valence-electron chi connectivity index (χ1n) is 5.08. The van der Waals surface area contributed by atoms with E-state index in [1.807, 2.05) is 0 Å². The van der Waals surface area contributed by atoms with Gasteiger partial charge in [0, 0.05) is 10.5 Å². The number of ether oxygens (including phenoxy) is 1. The van der Waals surface area contributed by atoms with Crippen LogP contribution < -0.4 is 0 Å². The molecule has 0 aromatic carbocycles. The van der Waals surface area contributed by atoms with E-state index >= 15 is 0 Å². The van der Waals surface area contributed by atoms with Crippen molar-refractivity contribution >= 4 is 22.6 Å². The van der Waals surface area contributed by atoms with E-state index in [4.69, 9.17) is 4.74 Å². The molecule has 2 atom stereocenters. The van der Waals surface area contributed by atoms with Gasteiger partial charge in [-0.2, -0.15) is 0 Å². The summed E-state index contributed by atoms with van der Waals surface area (Å²) in [4.78, 5) is 0. The third kappa shape index (κ3) is 4.08. The zero-order valence-electron chi connectivity index (χ0n) is 7.89. The van der Waals surface area contributed by atoms with Gasteiger partial charge in [0.2, 0.25) is 0 Å². The van der Waals surface area contributed by atoms with Crippen LogP contribution in [0.4, 0.5) is 0 Å². The highest BCUT2D eigenvalue weighted by Gasteiger charge is 2.19. The predicted molar refractivity (Wildman–Crippen MR) is 60.9 cm³/mol. The molecular weight excluding hydrogens is 263 g/mol. The molecule has 0 bridgehead atoms. The number of rotatable bonds is 4. The standard InChI is InChI=1S/C10H19IO/c1-2-3-4-5-10-8-9(11)6-7-12-10/h9-10H,2-8H2,1H3/t9-,10-/m0/s1. The van der Waals surface area contributed by atoms with Crippen LogP contribution in [-0.4, -0.2) is 16.6 Å². The summed E-state index contributed by atoms with van der Waals surface area (Å²) < 4.78 is 6.55. The van der Waals surface area contributed by atoms with E-state index in [2.05, 4.69) is 29.5 Å². The Kier molecular flexibility index (Phi) is 5.56. The van der Waals surface area contributed by atoms with Crippen molar-refractivity contribution in [3.8, 4) is 0 Å². The number of unbranched alkanes of at least 4 members (excludes halogenated alkanes) is 2. The number of hydrogen-bond donors (Lipinski definition) is 0. The van der Waals surface area contributed by atoms with Crippen molar-refractivity contribution < 1.29 is 4.74 Å². The maximum atomic E-state index is 5.69. The molecule has 0 amide bonds. The first kappa shape index (κ1) is 10.8. The Bertz CT molecular complexity index is 116. The van der Waals surface area contributed by atoms with Gasteiger partial charge >= 0.3 is 0 Å². The lowest BCUT2D eigenvalue weighted by Gasteiger charge is -2.26. The van der Waals surface area contributed by atoms with E-state index in [-0.39, 0.29) is 0 Å². The molecule has 0 spiro atoms. The van der Waals surface area contributed by atoms with Crippen LogP contribution in [0.1, 0.15) is 45.4 Å². The Morgan fingerprint density at radius 3 is 2.92 bits per heavy atom. The highest BCUT2D eigenvalue weighted by Crippen LogP contribution is 2.23. The molecule has 0 aromatic rings. The topological polar surface area (TPSA) is 9.23 Å². The van der Waals surface area contributed by atoms with Crippen molar-refractivity contribution in [3.05, 3.63) is 0 Å². The molecule has 0 radical (unpaired) electrons. The van der Waals surface area contributed by atoms with Gasteiger partial charge in [-0.3, -0.25) is 0 Å². The maximum absolute atomic E-state index is 5.69. The van der Waals surface area contributed by atoms with E-state index in [0.717, 1.165) is 10.5 Å². The van der Waals surface area contributed by atoms with Crippen molar-refractivity contribution in [3.63, 3.8) is 0 Å². The smallest absolute Gasteiger partial charge is 0.0585 e. The molecule has 72 valence electrons. The molecule has 1 rings (SSSR count). The zero-order chi connectivity index (χ0) is 8.81. The second-order valence-electron chi connectivity index (χ2n) is 3.61. The molecule has 0 N–H and O–H groups in total. The van der Waals surface area contributed by atoms with Gasteiger partial charge in [-0.05, 0) is 19.3 Å². The van der Waals surface area contributed by atoms with Gasteiger partial charge in [0.15, 0.2) is 0 Å². The zero-order valence-corrected chi connectivity index (χ0v) is 10.0. The number of alkyl halides is 1. The predicted octanol–water partition coefficient (Wildman–Crippen LogP) is 3.55. The molecule has 1 nitrogen and oxygen atoms in total. The normalized spacial score (nSPS) is 30.5. The molecule has 1 fully saturated rings. The Morgan fingerprint density at radius 2 is 2.25 bits per heavy atom. The van der Waals surface area contributed by atoms with Crippen LogP contribution >= 0.6 is 22.6 Å². The van der Waals surface area contributed by atoms with Crippen molar-refractivity contribution in [2.75, 3.05) is 6.61 Å².